The van der Waals surface area contributed by atoms with Crippen LogP contribution in [0, 0.1) is 0 Å². The van der Waals surface area contributed by atoms with E-state index in [9.17, 15) is 9.59 Å². The SMILES string of the molecule is Cn1ccnc1C(=O)c1ccc(NC(=O)c2cnc3c(cnn3Cc3ccccc3)c2)cc1. The highest BCUT2D eigenvalue weighted by molar-refractivity contribution is 6.08. The van der Waals surface area contributed by atoms with Gasteiger partial charge in [0.15, 0.2) is 11.5 Å². The van der Waals surface area contributed by atoms with Gasteiger partial charge < -0.3 is 9.88 Å². The van der Waals surface area contributed by atoms with Gasteiger partial charge in [-0.15, -0.1) is 0 Å². The molecule has 0 saturated heterocycles. The molecule has 0 fully saturated rings. The Balaban J connectivity index is 1.30. The first-order chi connectivity index (χ1) is 16.1. The average Bonchev–Trinajstić information content (AvgIpc) is 3.45. The van der Waals surface area contributed by atoms with E-state index in [1.54, 1.807) is 66.7 Å². The molecule has 0 spiro atoms. The summed E-state index contributed by atoms with van der Waals surface area (Å²) in [6, 6.07) is 18.5. The molecule has 3 aromatic heterocycles. The van der Waals surface area contributed by atoms with Crippen molar-refractivity contribution in [2.24, 2.45) is 7.05 Å². The highest BCUT2D eigenvalue weighted by Crippen LogP contribution is 2.17. The van der Waals surface area contributed by atoms with Crippen LogP contribution in [0.2, 0.25) is 0 Å². The van der Waals surface area contributed by atoms with Gasteiger partial charge in [0.2, 0.25) is 5.78 Å². The van der Waals surface area contributed by atoms with E-state index in [1.165, 1.54) is 0 Å². The van der Waals surface area contributed by atoms with Crippen LogP contribution < -0.4 is 5.32 Å². The molecule has 33 heavy (non-hydrogen) atoms. The topological polar surface area (TPSA) is 94.7 Å². The Labute approximate surface area is 189 Å². The lowest BCUT2D eigenvalue weighted by atomic mass is 10.1. The number of benzene rings is 2. The van der Waals surface area contributed by atoms with Gasteiger partial charge in [-0.3, -0.25) is 9.59 Å². The lowest BCUT2D eigenvalue weighted by molar-refractivity contribution is 0.102. The molecule has 0 radical (unpaired) electrons. The predicted molar refractivity (Wildman–Crippen MR) is 124 cm³/mol. The Morgan fingerprint density at radius 2 is 1.73 bits per heavy atom. The number of hydrogen-bond donors (Lipinski definition) is 1. The monoisotopic (exact) mass is 436 g/mol. The second-order valence-corrected chi connectivity index (χ2v) is 7.65. The third-order valence-corrected chi connectivity index (χ3v) is 5.34. The second-order valence-electron chi connectivity index (χ2n) is 7.65. The van der Waals surface area contributed by atoms with Gasteiger partial charge in [0.25, 0.3) is 5.91 Å². The van der Waals surface area contributed by atoms with Crippen molar-refractivity contribution in [3.05, 3.63) is 108 Å². The van der Waals surface area contributed by atoms with Crippen molar-refractivity contribution >= 4 is 28.4 Å². The molecule has 5 aromatic rings. The lowest BCUT2D eigenvalue weighted by Crippen LogP contribution is -2.13. The van der Waals surface area contributed by atoms with E-state index in [1.807, 2.05) is 35.0 Å². The number of carbonyl (C=O) groups excluding carboxylic acids is 2. The minimum atomic E-state index is -0.289. The van der Waals surface area contributed by atoms with Crippen molar-refractivity contribution in [3.63, 3.8) is 0 Å². The second kappa shape index (κ2) is 8.51. The molecule has 0 saturated carbocycles. The van der Waals surface area contributed by atoms with Crippen LogP contribution in [0.25, 0.3) is 11.0 Å². The molecule has 0 aliphatic heterocycles. The summed E-state index contributed by atoms with van der Waals surface area (Å²) < 4.78 is 3.48. The first kappa shape index (κ1) is 20.3. The summed E-state index contributed by atoms with van der Waals surface area (Å²) in [5, 5.41) is 8.04. The van der Waals surface area contributed by atoms with Crippen molar-refractivity contribution in [1.82, 2.24) is 24.3 Å². The fraction of sp³-hybridized carbons (Fsp3) is 0.0800. The number of aromatic nitrogens is 5. The fourth-order valence-electron chi connectivity index (χ4n) is 3.59. The first-order valence-electron chi connectivity index (χ1n) is 10.4. The minimum Gasteiger partial charge on any atom is -0.331 e. The number of carbonyl (C=O) groups is 2. The van der Waals surface area contributed by atoms with E-state index in [2.05, 4.69) is 20.4 Å². The van der Waals surface area contributed by atoms with E-state index < -0.39 is 0 Å². The lowest BCUT2D eigenvalue weighted by Gasteiger charge is -2.07. The molecule has 1 amide bonds. The highest BCUT2D eigenvalue weighted by atomic mass is 16.1. The van der Waals surface area contributed by atoms with Crippen LogP contribution in [0.5, 0.6) is 0 Å². The van der Waals surface area contributed by atoms with Crippen molar-refractivity contribution in [2.75, 3.05) is 5.32 Å². The molecule has 0 atom stereocenters. The highest BCUT2D eigenvalue weighted by Gasteiger charge is 2.15. The van der Waals surface area contributed by atoms with Gasteiger partial charge in [0, 0.05) is 42.3 Å². The minimum absolute atomic E-state index is 0.178. The van der Waals surface area contributed by atoms with Gasteiger partial charge >= 0.3 is 0 Å². The molecular formula is C25H20N6O2. The number of nitrogens with zero attached hydrogens (tertiary/aromatic N) is 5. The van der Waals surface area contributed by atoms with Gasteiger partial charge in [0.05, 0.1) is 18.3 Å². The van der Waals surface area contributed by atoms with Crippen molar-refractivity contribution < 1.29 is 9.59 Å². The number of ketones is 1. The van der Waals surface area contributed by atoms with Crippen LogP contribution >= 0.6 is 0 Å². The maximum atomic E-state index is 12.7. The van der Waals surface area contributed by atoms with Gasteiger partial charge in [0.1, 0.15) is 0 Å². The van der Waals surface area contributed by atoms with Gasteiger partial charge in [-0.05, 0) is 35.9 Å². The third kappa shape index (κ3) is 4.14. The summed E-state index contributed by atoms with van der Waals surface area (Å²) in [5.74, 6) is -0.107. The molecule has 8 nitrogen and oxygen atoms in total. The van der Waals surface area contributed by atoms with Crippen LogP contribution in [0.3, 0.4) is 0 Å². The third-order valence-electron chi connectivity index (χ3n) is 5.34. The summed E-state index contributed by atoms with van der Waals surface area (Å²) in [7, 11) is 1.77. The number of anilines is 1. The summed E-state index contributed by atoms with van der Waals surface area (Å²) >= 11 is 0. The van der Waals surface area contributed by atoms with Crippen molar-refractivity contribution in [2.45, 2.75) is 6.54 Å². The van der Waals surface area contributed by atoms with Crippen LogP contribution in [-0.2, 0) is 13.6 Å². The van der Waals surface area contributed by atoms with Crippen LogP contribution in [0.15, 0.2) is 85.5 Å². The zero-order valence-electron chi connectivity index (χ0n) is 17.8. The average molecular weight is 436 g/mol. The molecular weight excluding hydrogens is 416 g/mol. The number of rotatable bonds is 6. The Bertz CT molecular complexity index is 1450. The molecule has 0 bridgehead atoms. The van der Waals surface area contributed by atoms with Crippen molar-refractivity contribution in [3.8, 4) is 0 Å². The van der Waals surface area contributed by atoms with Crippen LogP contribution in [0.1, 0.15) is 32.1 Å². The number of amides is 1. The summed E-state index contributed by atoms with van der Waals surface area (Å²) in [5.41, 5.74) is 3.34. The Morgan fingerprint density at radius 1 is 0.939 bits per heavy atom. The zero-order valence-corrected chi connectivity index (χ0v) is 17.8. The number of nitrogens with one attached hydrogen (secondary N) is 1. The summed E-state index contributed by atoms with van der Waals surface area (Å²) in [6.45, 7) is 0.603. The molecule has 0 aliphatic carbocycles. The quantitative estimate of drug-likeness (QED) is 0.410. The van der Waals surface area contributed by atoms with Crippen LogP contribution in [-0.4, -0.2) is 36.0 Å². The number of imidazole rings is 1. The first-order valence-corrected chi connectivity index (χ1v) is 10.4. The molecule has 162 valence electrons. The number of hydrogen-bond acceptors (Lipinski definition) is 5. The van der Waals surface area contributed by atoms with E-state index >= 15 is 0 Å². The Kier molecular flexibility index (Phi) is 5.24. The van der Waals surface area contributed by atoms with Crippen molar-refractivity contribution in [1.29, 1.82) is 0 Å². The van der Waals surface area contributed by atoms with E-state index in [0.29, 0.717) is 34.8 Å². The molecule has 1 N–H and O–H groups in total. The predicted octanol–water partition coefficient (Wildman–Crippen LogP) is 3.70. The normalized spacial score (nSPS) is 10.9. The molecule has 0 aliphatic rings. The molecule has 2 aromatic carbocycles. The number of fused-ring (bicyclic) bond motifs is 1. The van der Waals surface area contributed by atoms with E-state index in [4.69, 9.17) is 0 Å². The summed E-state index contributed by atoms with van der Waals surface area (Å²) in [6.07, 6.45) is 6.55. The fourth-order valence-corrected chi connectivity index (χ4v) is 3.59. The van der Waals surface area contributed by atoms with Gasteiger partial charge in [-0.1, -0.05) is 30.3 Å². The Hall–Kier alpha value is -4.59. The molecule has 8 heteroatoms. The van der Waals surface area contributed by atoms with Gasteiger partial charge in [-0.25, -0.2) is 14.6 Å². The summed E-state index contributed by atoms with van der Waals surface area (Å²) in [4.78, 5) is 33.8. The molecule has 5 rings (SSSR count). The van der Waals surface area contributed by atoms with Crippen LogP contribution in [0.4, 0.5) is 5.69 Å². The maximum Gasteiger partial charge on any atom is 0.257 e. The van der Waals surface area contributed by atoms with Gasteiger partial charge in [-0.2, -0.15) is 5.10 Å². The Morgan fingerprint density at radius 3 is 2.45 bits per heavy atom. The number of aryl methyl sites for hydroxylation is 1. The standard InChI is InChI=1S/C25H20N6O2/c1-30-12-11-26-24(30)22(32)18-7-9-21(10-8-18)29-25(33)20-13-19-15-28-31(23(19)27-14-20)16-17-5-3-2-4-6-17/h2-15H,16H2,1H3,(H,29,33). The van der Waals surface area contributed by atoms with E-state index in [-0.39, 0.29) is 11.7 Å². The maximum absolute atomic E-state index is 12.7. The largest absolute Gasteiger partial charge is 0.331 e. The number of pyridine rings is 1. The van der Waals surface area contributed by atoms with E-state index in [0.717, 1.165) is 10.9 Å². The smallest absolute Gasteiger partial charge is 0.257 e. The zero-order chi connectivity index (χ0) is 22.8. The molecule has 3 heterocycles. The molecule has 0 unspecified atom stereocenters.